The van der Waals surface area contributed by atoms with E-state index in [1.165, 1.54) is 0 Å². The second kappa shape index (κ2) is 7.97. The molecule has 0 radical (unpaired) electrons. The van der Waals surface area contributed by atoms with Gasteiger partial charge in [0.05, 0.1) is 6.42 Å². The van der Waals surface area contributed by atoms with Gasteiger partial charge in [0.2, 0.25) is 5.91 Å². The van der Waals surface area contributed by atoms with E-state index in [9.17, 15) is 4.79 Å². The molecular weight excluding hydrogens is 304 g/mol. The van der Waals surface area contributed by atoms with Crippen molar-refractivity contribution < 1.29 is 9.53 Å². The third-order valence-corrected chi connectivity index (χ3v) is 4.32. The third kappa shape index (κ3) is 4.35. The fraction of sp³-hybridized carbons (Fsp3) is 0.444. The number of piperidine rings is 1. The summed E-state index contributed by atoms with van der Waals surface area (Å²) >= 11 is 0. The SMILES string of the molecule is CCN1CCC(Oc2cccnc2NC(=O)Cc2ccc[nH]2)CC1. The van der Waals surface area contributed by atoms with Gasteiger partial charge in [0, 0.05) is 31.2 Å². The zero-order valence-corrected chi connectivity index (χ0v) is 14.0. The summed E-state index contributed by atoms with van der Waals surface area (Å²) in [5.74, 6) is 1.03. The van der Waals surface area contributed by atoms with Gasteiger partial charge in [-0.1, -0.05) is 6.92 Å². The van der Waals surface area contributed by atoms with Crippen molar-refractivity contribution in [3.8, 4) is 5.75 Å². The van der Waals surface area contributed by atoms with Crippen LogP contribution in [0.3, 0.4) is 0 Å². The van der Waals surface area contributed by atoms with E-state index >= 15 is 0 Å². The quantitative estimate of drug-likeness (QED) is 0.854. The molecule has 3 rings (SSSR count). The van der Waals surface area contributed by atoms with E-state index in [0.717, 1.165) is 38.2 Å². The van der Waals surface area contributed by atoms with Crippen LogP contribution in [0, 0.1) is 0 Å². The number of amides is 1. The van der Waals surface area contributed by atoms with E-state index in [2.05, 4.69) is 27.1 Å². The Morgan fingerprint density at radius 2 is 2.21 bits per heavy atom. The van der Waals surface area contributed by atoms with Gasteiger partial charge in [0.1, 0.15) is 6.10 Å². The topological polar surface area (TPSA) is 70.2 Å². The molecule has 1 saturated heterocycles. The Hall–Kier alpha value is -2.34. The van der Waals surface area contributed by atoms with Crippen LogP contribution in [0.2, 0.25) is 0 Å². The second-order valence-corrected chi connectivity index (χ2v) is 6.02. The molecule has 0 aromatic carbocycles. The van der Waals surface area contributed by atoms with Gasteiger partial charge in [-0.15, -0.1) is 0 Å². The fourth-order valence-electron chi connectivity index (χ4n) is 2.93. The van der Waals surface area contributed by atoms with Crippen molar-refractivity contribution in [3.05, 3.63) is 42.4 Å². The first kappa shape index (κ1) is 16.5. The molecule has 24 heavy (non-hydrogen) atoms. The van der Waals surface area contributed by atoms with Crippen LogP contribution in [-0.4, -0.2) is 46.5 Å². The van der Waals surface area contributed by atoms with E-state index < -0.39 is 0 Å². The summed E-state index contributed by atoms with van der Waals surface area (Å²) < 4.78 is 6.10. The predicted molar refractivity (Wildman–Crippen MR) is 93.1 cm³/mol. The number of nitrogens with one attached hydrogen (secondary N) is 2. The number of hydrogen-bond donors (Lipinski definition) is 2. The summed E-state index contributed by atoms with van der Waals surface area (Å²) in [5, 5.41) is 2.85. The van der Waals surface area contributed by atoms with Gasteiger partial charge in [0.25, 0.3) is 0 Å². The predicted octanol–water partition coefficient (Wildman–Crippen LogP) is 2.45. The highest BCUT2D eigenvalue weighted by molar-refractivity contribution is 5.92. The van der Waals surface area contributed by atoms with Gasteiger partial charge in [-0.2, -0.15) is 0 Å². The number of anilines is 1. The maximum Gasteiger partial charge on any atom is 0.231 e. The molecule has 2 aromatic rings. The van der Waals surface area contributed by atoms with Gasteiger partial charge in [-0.05, 0) is 43.7 Å². The maximum absolute atomic E-state index is 12.2. The lowest BCUT2D eigenvalue weighted by Gasteiger charge is -2.31. The molecule has 6 heteroatoms. The van der Waals surface area contributed by atoms with Gasteiger partial charge in [-0.3, -0.25) is 4.79 Å². The van der Waals surface area contributed by atoms with Gasteiger partial charge < -0.3 is 19.9 Å². The summed E-state index contributed by atoms with van der Waals surface area (Å²) in [6.45, 7) is 5.37. The molecule has 2 N–H and O–H groups in total. The Morgan fingerprint density at radius 3 is 2.92 bits per heavy atom. The zero-order valence-electron chi connectivity index (χ0n) is 14.0. The number of rotatable bonds is 6. The smallest absolute Gasteiger partial charge is 0.231 e. The van der Waals surface area contributed by atoms with Crippen molar-refractivity contribution in [2.75, 3.05) is 25.0 Å². The van der Waals surface area contributed by atoms with Gasteiger partial charge >= 0.3 is 0 Å². The molecule has 6 nitrogen and oxygen atoms in total. The largest absolute Gasteiger partial charge is 0.486 e. The first-order valence-corrected chi connectivity index (χ1v) is 8.50. The van der Waals surface area contributed by atoms with Crippen molar-refractivity contribution in [2.45, 2.75) is 32.3 Å². The zero-order chi connectivity index (χ0) is 16.8. The van der Waals surface area contributed by atoms with E-state index in [1.807, 2.05) is 24.3 Å². The first-order valence-electron chi connectivity index (χ1n) is 8.50. The van der Waals surface area contributed by atoms with Crippen molar-refractivity contribution in [1.82, 2.24) is 14.9 Å². The number of pyridine rings is 1. The van der Waals surface area contributed by atoms with Crippen LogP contribution < -0.4 is 10.1 Å². The Balaban J connectivity index is 1.59. The minimum absolute atomic E-state index is 0.109. The number of aromatic nitrogens is 2. The minimum Gasteiger partial charge on any atom is -0.486 e. The van der Waals surface area contributed by atoms with Crippen LogP contribution in [-0.2, 0) is 11.2 Å². The van der Waals surface area contributed by atoms with Crippen LogP contribution in [0.1, 0.15) is 25.5 Å². The molecule has 0 saturated carbocycles. The molecule has 3 heterocycles. The third-order valence-electron chi connectivity index (χ3n) is 4.32. The standard InChI is InChI=1S/C18H24N4O2/c1-2-22-11-7-15(8-12-22)24-16-6-4-10-20-18(16)21-17(23)13-14-5-3-9-19-14/h3-6,9-10,15,19H,2,7-8,11-13H2,1H3,(H,20,21,23). The number of aromatic amines is 1. The van der Waals surface area contributed by atoms with Crippen molar-refractivity contribution in [2.24, 2.45) is 0 Å². The van der Waals surface area contributed by atoms with Gasteiger partial charge in [-0.25, -0.2) is 4.98 Å². The lowest BCUT2D eigenvalue weighted by molar-refractivity contribution is -0.115. The van der Waals surface area contributed by atoms with Crippen molar-refractivity contribution in [3.63, 3.8) is 0 Å². The molecule has 0 bridgehead atoms. The minimum atomic E-state index is -0.109. The van der Waals surface area contributed by atoms with Gasteiger partial charge in [0.15, 0.2) is 11.6 Å². The average Bonchev–Trinajstić information content (AvgIpc) is 3.10. The number of likely N-dealkylation sites (tertiary alicyclic amines) is 1. The van der Waals surface area contributed by atoms with Crippen LogP contribution in [0.4, 0.5) is 5.82 Å². The first-order chi connectivity index (χ1) is 11.7. The molecule has 0 atom stereocenters. The summed E-state index contributed by atoms with van der Waals surface area (Å²) in [6.07, 6.45) is 5.93. The molecule has 1 fully saturated rings. The second-order valence-electron chi connectivity index (χ2n) is 6.02. The lowest BCUT2D eigenvalue weighted by Crippen LogP contribution is -2.38. The normalized spacial score (nSPS) is 16.0. The van der Waals surface area contributed by atoms with Crippen LogP contribution >= 0.6 is 0 Å². The highest BCUT2D eigenvalue weighted by Crippen LogP contribution is 2.25. The van der Waals surface area contributed by atoms with E-state index in [1.54, 1.807) is 12.4 Å². The Labute approximate surface area is 142 Å². The van der Waals surface area contributed by atoms with Crippen LogP contribution in [0.15, 0.2) is 36.7 Å². The fourth-order valence-corrected chi connectivity index (χ4v) is 2.93. The van der Waals surface area contributed by atoms with E-state index in [0.29, 0.717) is 11.6 Å². The molecule has 128 valence electrons. The summed E-state index contributed by atoms with van der Waals surface area (Å²) in [4.78, 5) is 21.9. The highest BCUT2D eigenvalue weighted by atomic mass is 16.5. The Morgan fingerprint density at radius 1 is 1.38 bits per heavy atom. The number of nitrogens with zero attached hydrogens (tertiary/aromatic N) is 2. The Kier molecular flexibility index (Phi) is 5.48. The number of carbonyl (C=O) groups excluding carboxylic acids is 1. The van der Waals surface area contributed by atoms with E-state index in [-0.39, 0.29) is 18.4 Å². The number of ether oxygens (including phenoxy) is 1. The number of H-pyrrole nitrogens is 1. The molecule has 2 aromatic heterocycles. The molecule has 0 spiro atoms. The molecule has 0 aliphatic carbocycles. The monoisotopic (exact) mass is 328 g/mol. The highest BCUT2D eigenvalue weighted by Gasteiger charge is 2.21. The van der Waals surface area contributed by atoms with Crippen LogP contribution in [0.25, 0.3) is 0 Å². The molecule has 1 aliphatic heterocycles. The molecule has 0 unspecified atom stereocenters. The van der Waals surface area contributed by atoms with Crippen LogP contribution in [0.5, 0.6) is 5.75 Å². The Bertz CT molecular complexity index is 649. The summed E-state index contributed by atoms with van der Waals surface area (Å²) in [5.41, 5.74) is 0.873. The molecular formula is C18H24N4O2. The summed E-state index contributed by atoms with van der Waals surface area (Å²) in [7, 11) is 0. The van der Waals surface area contributed by atoms with E-state index in [4.69, 9.17) is 4.74 Å². The summed E-state index contributed by atoms with van der Waals surface area (Å²) in [6, 6.07) is 7.46. The average molecular weight is 328 g/mol. The van der Waals surface area contributed by atoms with Crippen molar-refractivity contribution >= 4 is 11.7 Å². The lowest BCUT2D eigenvalue weighted by atomic mass is 10.1. The molecule has 1 amide bonds. The molecule has 1 aliphatic rings. The number of hydrogen-bond acceptors (Lipinski definition) is 4. The van der Waals surface area contributed by atoms with Crippen molar-refractivity contribution in [1.29, 1.82) is 0 Å². The maximum atomic E-state index is 12.2. The number of carbonyl (C=O) groups is 1.